The van der Waals surface area contributed by atoms with Gasteiger partial charge in [-0.15, -0.1) is 5.10 Å². The molecular formula is C15H20N6O. The van der Waals surface area contributed by atoms with Crippen molar-refractivity contribution in [2.24, 2.45) is 0 Å². The first-order chi connectivity index (χ1) is 10.6. The molecule has 3 heterocycles. The number of nitrogens with zero attached hydrogens (tertiary/aromatic N) is 4. The van der Waals surface area contributed by atoms with Gasteiger partial charge in [0.05, 0.1) is 11.7 Å². The van der Waals surface area contributed by atoms with E-state index in [2.05, 4.69) is 25.9 Å². The molecule has 116 valence electrons. The van der Waals surface area contributed by atoms with Crippen molar-refractivity contribution in [1.29, 1.82) is 0 Å². The maximum absolute atomic E-state index is 12.4. The number of amides is 1. The maximum Gasteiger partial charge on any atom is 0.278 e. The molecule has 7 heteroatoms. The summed E-state index contributed by atoms with van der Waals surface area (Å²) in [5.41, 5.74) is 2.77. The first-order valence-electron chi connectivity index (χ1n) is 7.51. The van der Waals surface area contributed by atoms with E-state index in [9.17, 15) is 4.79 Å². The molecule has 2 aromatic heterocycles. The number of nitrogens with one attached hydrogen (secondary N) is 2. The van der Waals surface area contributed by atoms with Gasteiger partial charge in [-0.25, -0.2) is 4.68 Å². The Morgan fingerprint density at radius 3 is 2.86 bits per heavy atom. The Balaban J connectivity index is 1.77. The number of aromatic nitrogens is 4. The van der Waals surface area contributed by atoms with Crippen LogP contribution in [0.2, 0.25) is 0 Å². The summed E-state index contributed by atoms with van der Waals surface area (Å²) in [6.07, 6.45) is 3.69. The van der Waals surface area contributed by atoms with E-state index in [0.29, 0.717) is 17.4 Å². The van der Waals surface area contributed by atoms with Crippen LogP contribution >= 0.6 is 0 Å². The summed E-state index contributed by atoms with van der Waals surface area (Å²) in [5.74, 6) is -0.233. The zero-order valence-electron chi connectivity index (χ0n) is 12.8. The number of carbonyl (C=O) groups is 1. The minimum absolute atomic E-state index is 0.233. The van der Waals surface area contributed by atoms with Crippen LogP contribution in [0.15, 0.2) is 18.3 Å². The highest BCUT2D eigenvalue weighted by molar-refractivity contribution is 6.03. The van der Waals surface area contributed by atoms with Gasteiger partial charge >= 0.3 is 0 Å². The molecule has 0 unspecified atom stereocenters. The smallest absolute Gasteiger partial charge is 0.278 e. The second-order valence-corrected chi connectivity index (χ2v) is 5.59. The Labute approximate surface area is 129 Å². The molecule has 0 radical (unpaired) electrons. The summed E-state index contributed by atoms with van der Waals surface area (Å²) in [6, 6.07) is 3.90. The van der Waals surface area contributed by atoms with Gasteiger partial charge in [0.1, 0.15) is 0 Å². The number of rotatable bonds is 3. The van der Waals surface area contributed by atoms with Crippen molar-refractivity contribution in [2.45, 2.75) is 32.7 Å². The van der Waals surface area contributed by atoms with E-state index >= 15 is 0 Å². The summed E-state index contributed by atoms with van der Waals surface area (Å²) in [5, 5.41) is 14.4. The second kappa shape index (κ2) is 6.23. The molecule has 2 N–H and O–H groups in total. The van der Waals surface area contributed by atoms with Gasteiger partial charge in [-0.05, 0) is 51.9 Å². The third-order valence-corrected chi connectivity index (χ3v) is 3.95. The third-order valence-electron chi connectivity index (χ3n) is 3.95. The van der Waals surface area contributed by atoms with Crippen LogP contribution in [0.1, 0.15) is 40.8 Å². The van der Waals surface area contributed by atoms with Gasteiger partial charge in [0.2, 0.25) is 0 Å². The minimum atomic E-state index is -0.233. The molecule has 2 aromatic rings. The normalized spacial score (nSPS) is 15.7. The average molecular weight is 300 g/mol. The Kier molecular flexibility index (Phi) is 4.15. The first-order valence-corrected chi connectivity index (χ1v) is 7.51. The molecule has 0 atom stereocenters. The lowest BCUT2D eigenvalue weighted by molar-refractivity contribution is 0.102. The molecule has 0 spiro atoms. The lowest BCUT2D eigenvalue weighted by atomic mass is 10.1. The molecule has 0 aliphatic carbocycles. The van der Waals surface area contributed by atoms with Crippen molar-refractivity contribution in [3.63, 3.8) is 0 Å². The molecule has 0 aromatic carbocycles. The quantitative estimate of drug-likeness (QED) is 0.896. The molecule has 22 heavy (non-hydrogen) atoms. The number of hydrogen-bond donors (Lipinski definition) is 2. The number of pyridine rings is 1. The highest BCUT2D eigenvalue weighted by Gasteiger charge is 2.22. The van der Waals surface area contributed by atoms with E-state index < -0.39 is 0 Å². The van der Waals surface area contributed by atoms with Crippen LogP contribution in [0.5, 0.6) is 0 Å². The molecule has 1 aliphatic heterocycles. The van der Waals surface area contributed by atoms with Gasteiger partial charge in [0.25, 0.3) is 5.91 Å². The zero-order valence-corrected chi connectivity index (χ0v) is 12.8. The number of carbonyl (C=O) groups excluding carboxylic acids is 1. The van der Waals surface area contributed by atoms with Crippen molar-refractivity contribution in [3.05, 3.63) is 35.4 Å². The predicted molar refractivity (Wildman–Crippen MR) is 82.8 cm³/mol. The lowest BCUT2D eigenvalue weighted by Crippen LogP contribution is -2.30. The van der Waals surface area contributed by atoms with Crippen LogP contribution in [0.4, 0.5) is 5.69 Å². The van der Waals surface area contributed by atoms with Crippen LogP contribution in [0.25, 0.3) is 0 Å². The highest BCUT2D eigenvalue weighted by atomic mass is 16.2. The lowest BCUT2D eigenvalue weighted by Gasteiger charge is -2.23. The molecule has 1 amide bonds. The predicted octanol–water partition coefficient (Wildman–Crippen LogP) is 1.47. The number of aryl methyl sites for hydroxylation is 1. The fourth-order valence-corrected chi connectivity index (χ4v) is 2.76. The Hall–Kier alpha value is -2.28. The Morgan fingerprint density at radius 2 is 2.14 bits per heavy atom. The summed E-state index contributed by atoms with van der Waals surface area (Å²) >= 11 is 0. The molecule has 7 nitrogen and oxygen atoms in total. The van der Waals surface area contributed by atoms with Gasteiger partial charge in [-0.3, -0.25) is 9.78 Å². The summed E-state index contributed by atoms with van der Waals surface area (Å²) in [6.45, 7) is 5.73. The van der Waals surface area contributed by atoms with Crippen molar-refractivity contribution in [1.82, 2.24) is 25.3 Å². The molecule has 0 bridgehead atoms. The van der Waals surface area contributed by atoms with Crippen LogP contribution in [0.3, 0.4) is 0 Å². The summed E-state index contributed by atoms with van der Waals surface area (Å²) in [7, 11) is 0. The minimum Gasteiger partial charge on any atom is -0.320 e. The fraction of sp³-hybridized carbons (Fsp3) is 0.467. The van der Waals surface area contributed by atoms with Crippen molar-refractivity contribution < 1.29 is 4.79 Å². The zero-order chi connectivity index (χ0) is 15.5. The molecule has 1 saturated heterocycles. The van der Waals surface area contributed by atoms with Gasteiger partial charge < -0.3 is 10.6 Å². The Bertz CT molecular complexity index is 674. The highest BCUT2D eigenvalue weighted by Crippen LogP contribution is 2.20. The van der Waals surface area contributed by atoms with Gasteiger partial charge in [0, 0.05) is 17.6 Å². The first kappa shape index (κ1) is 14.6. The molecule has 1 fully saturated rings. The van der Waals surface area contributed by atoms with Crippen LogP contribution in [0, 0.1) is 13.8 Å². The summed E-state index contributed by atoms with van der Waals surface area (Å²) < 4.78 is 1.88. The molecule has 3 rings (SSSR count). The van der Waals surface area contributed by atoms with Gasteiger partial charge in [-0.2, -0.15) is 0 Å². The van der Waals surface area contributed by atoms with E-state index in [1.165, 1.54) is 0 Å². The van der Waals surface area contributed by atoms with E-state index in [-0.39, 0.29) is 5.91 Å². The molecule has 0 saturated carbocycles. The summed E-state index contributed by atoms with van der Waals surface area (Å²) in [4.78, 5) is 16.5. The molecule has 1 aliphatic rings. The van der Waals surface area contributed by atoms with Gasteiger partial charge in [0.15, 0.2) is 5.69 Å². The number of piperidine rings is 1. The monoisotopic (exact) mass is 300 g/mol. The Morgan fingerprint density at radius 1 is 1.36 bits per heavy atom. The van der Waals surface area contributed by atoms with Crippen molar-refractivity contribution in [3.8, 4) is 0 Å². The number of anilines is 1. The molecular weight excluding hydrogens is 280 g/mol. The van der Waals surface area contributed by atoms with Crippen molar-refractivity contribution >= 4 is 11.6 Å². The maximum atomic E-state index is 12.4. The van der Waals surface area contributed by atoms with Gasteiger partial charge in [-0.1, -0.05) is 5.21 Å². The van der Waals surface area contributed by atoms with Crippen LogP contribution in [-0.4, -0.2) is 39.0 Å². The van der Waals surface area contributed by atoms with E-state index in [1.807, 2.05) is 24.6 Å². The topological polar surface area (TPSA) is 84.7 Å². The van der Waals surface area contributed by atoms with E-state index in [4.69, 9.17) is 0 Å². The average Bonchev–Trinajstić information content (AvgIpc) is 2.90. The SMILES string of the molecule is Cc1cc(NC(=O)c2nnn(C3CCNCC3)c2C)ccn1. The van der Waals surface area contributed by atoms with E-state index in [1.54, 1.807) is 12.3 Å². The second-order valence-electron chi connectivity index (χ2n) is 5.59. The van der Waals surface area contributed by atoms with Crippen LogP contribution < -0.4 is 10.6 Å². The van der Waals surface area contributed by atoms with Crippen LogP contribution in [-0.2, 0) is 0 Å². The largest absolute Gasteiger partial charge is 0.320 e. The van der Waals surface area contributed by atoms with E-state index in [0.717, 1.165) is 37.3 Å². The number of hydrogen-bond acceptors (Lipinski definition) is 5. The fourth-order valence-electron chi connectivity index (χ4n) is 2.76. The third kappa shape index (κ3) is 2.99. The standard InChI is InChI=1S/C15H20N6O/c1-10-9-12(3-8-17-10)18-15(22)14-11(2)21(20-19-14)13-4-6-16-7-5-13/h3,8-9,13,16H,4-7H2,1-2H3,(H,17,18,22). The van der Waals surface area contributed by atoms with Crippen molar-refractivity contribution in [2.75, 3.05) is 18.4 Å².